The van der Waals surface area contributed by atoms with Crippen LogP contribution in [0.15, 0.2) is 18.2 Å². The first-order chi connectivity index (χ1) is 7.22. The van der Waals surface area contributed by atoms with Gasteiger partial charge in [0, 0.05) is 12.6 Å². The maximum atomic E-state index is 11.2. The van der Waals surface area contributed by atoms with E-state index in [1.807, 2.05) is 7.05 Å². The van der Waals surface area contributed by atoms with Gasteiger partial charge in [-0.05, 0) is 18.2 Å². The molecule has 1 aliphatic rings. The lowest BCUT2D eigenvalue weighted by Gasteiger charge is -2.27. The van der Waals surface area contributed by atoms with E-state index in [4.69, 9.17) is 9.94 Å². The van der Waals surface area contributed by atoms with Gasteiger partial charge in [0.25, 0.3) is 5.91 Å². The smallest absolute Gasteiger partial charge is 0.274 e. The summed E-state index contributed by atoms with van der Waals surface area (Å²) in [5.74, 6) is 0.138. The molecule has 1 heterocycles. The lowest BCUT2D eigenvalue weighted by molar-refractivity contribution is 0.0706. The molecule has 0 aromatic heterocycles. The fourth-order valence-electron chi connectivity index (χ4n) is 1.56. The van der Waals surface area contributed by atoms with Crippen LogP contribution in [-0.2, 0) is 0 Å². The molecule has 0 atom stereocenters. The second-order valence-electron chi connectivity index (χ2n) is 3.39. The Bertz CT molecular complexity index is 392. The van der Waals surface area contributed by atoms with Gasteiger partial charge in [-0.2, -0.15) is 0 Å². The standard InChI is InChI=1S/C10H12N2O3/c1-12-4-5-15-9-6-7(10(13)11-14)2-3-8(9)12/h2-3,6,14H,4-5H2,1H3,(H,11,13). The van der Waals surface area contributed by atoms with Crippen LogP contribution in [0.2, 0.25) is 0 Å². The van der Waals surface area contributed by atoms with Gasteiger partial charge < -0.3 is 9.64 Å². The van der Waals surface area contributed by atoms with Crippen molar-refractivity contribution in [3.05, 3.63) is 23.8 Å². The minimum Gasteiger partial charge on any atom is -0.490 e. The Kier molecular flexibility index (Phi) is 2.47. The highest BCUT2D eigenvalue weighted by Gasteiger charge is 2.16. The molecule has 0 unspecified atom stereocenters. The van der Waals surface area contributed by atoms with Gasteiger partial charge in [0.15, 0.2) is 0 Å². The zero-order valence-corrected chi connectivity index (χ0v) is 8.36. The minimum atomic E-state index is -0.533. The Morgan fingerprint density at radius 1 is 1.60 bits per heavy atom. The maximum Gasteiger partial charge on any atom is 0.274 e. The van der Waals surface area contributed by atoms with E-state index in [0.29, 0.717) is 17.9 Å². The summed E-state index contributed by atoms with van der Waals surface area (Å²) >= 11 is 0. The van der Waals surface area contributed by atoms with Crippen LogP contribution in [0.25, 0.3) is 0 Å². The third-order valence-corrected chi connectivity index (χ3v) is 2.42. The second-order valence-corrected chi connectivity index (χ2v) is 3.39. The molecule has 2 N–H and O–H groups in total. The zero-order chi connectivity index (χ0) is 10.8. The van der Waals surface area contributed by atoms with Crippen LogP contribution < -0.4 is 15.1 Å². The number of likely N-dealkylation sites (N-methyl/N-ethyl adjacent to an activating group) is 1. The number of amides is 1. The van der Waals surface area contributed by atoms with E-state index < -0.39 is 5.91 Å². The van der Waals surface area contributed by atoms with Crippen molar-refractivity contribution in [3.8, 4) is 5.75 Å². The first kappa shape index (κ1) is 9.79. The number of hydroxylamine groups is 1. The van der Waals surface area contributed by atoms with E-state index in [1.54, 1.807) is 23.7 Å². The summed E-state index contributed by atoms with van der Waals surface area (Å²) in [6.07, 6.45) is 0. The molecule has 0 spiro atoms. The molecule has 0 saturated heterocycles. The zero-order valence-electron chi connectivity index (χ0n) is 8.36. The van der Waals surface area contributed by atoms with Crippen LogP contribution in [0.3, 0.4) is 0 Å². The fourth-order valence-corrected chi connectivity index (χ4v) is 1.56. The summed E-state index contributed by atoms with van der Waals surface area (Å²) in [7, 11) is 1.97. The predicted octanol–water partition coefficient (Wildman–Crippen LogP) is 0.634. The average molecular weight is 208 g/mol. The molecule has 0 aliphatic carbocycles. The molecular weight excluding hydrogens is 196 g/mol. The molecule has 80 valence electrons. The quantitative estimate of drug-likeness (QED) is 0.525. The summed E-state index contributed by atoms with van der Waals surface area (Å²) in [4.78, 5) is 13.2. The van der Waals surface area contributed by atoms with Gasteiger partial charge in [-0.3, -0.25) is 10.0 Å². The Morgan fingerprint density at radius 3 is 3.13 bits per heavy atom. The van der Waals surface area contributed by atoms with Crippen molar-refractivity contribution < 1.29 is 14.7 Å². The number of benzene rings is 1. The van der Waals surface area contributed by atoms with E-state index in [1.165, 1.54) is 0 Å². The normalized spacial score (nSPS) is 14.1. The van der Waals surface area contributed by atoms with E-state index in [2.05, 4.69) is 4.90 Å². The molecule has 5 heteroatoms. The van der Waals surface area contributed by atoms with Gasteiger partial charge in [-0.1, -0.05) is 0 Å². The fraction of sp³-hybridized carbons (Fsp3) is 0.300. The molecule has 2 rings (SSSR count). The Balaban J connectivity index is 2.37. The molecule has 0 fully saturated rings. The van der Waals surface area contributed by atoms with Crippen LogP contribution in [0, 0.1) is 0 Å². The van der Waals surface area contributed by atoms with Crippen molar-refractivity contribution in [1.82, 2.24) is 5.48 Å². The SMILES string of the molecule is CN1CCOc2cc(C(=O)NO)ccc21. The van der Waals surface area contributed by atoms with Crippen molar-refractivity contribution in [1.29, 1.82) is 0 Å². The number of carbonyl (C=O) groups is 1. The van der Waals surface area contributed by atoms with Gasteiger partial charge in [0.2, 0.25) is 0 Å². The second kappa shape index (κ2) is 3.78. The van der Waals surface area contributed by atoms with Gasteiger partial charge in [-0.15, -0.1) is 0 Å². The summed E-state index contributed by atoms with van der Waals surface area (Å²) in [5.41, 5.74) is 2.93. The third kappa shape index (κ3) is 1.73. The van der Waals surface area contributed by atoms with Crippen LogP contribution in [0.4, 0.5) is 5.69 Å². The Hall–Kier alpha value is -1.75. The first-order valence-electron chi connectivity index (χ1n) is 4.65. The highest BCUT2D eigenvalue weighted by Crippen LogP contribution is 2.31. The van der Waals surface area contributed by atoms with Crippen molar-refractivity contribution in [2.24, 2.45) is 0 Å². The minimum absolute atomic E-state index is 0.381. The molecular formula is C10H12N2O3. The summed E-state index contributed by atoms with van der Waals surface area (Å²) in [6.45, 7) is 1.44. The molecule has 15 heavy (non-hydrogen) atoms. The van der Waals surface area contributed by atoms with Crippen molar-refractivity contribution >= 4 is 11.6 Å². The molecule has 1 aromatic carbocycles. The lowest BCUT2D eigenvalue weighted by Crippen LogP contribution is -2.29. The van der Waals surface area contributed by atoms with E-state index in [-0.39, 0.29) is 0 Å². The largest absolute Gasteiger partial charge is 0.490 e. The number of fused-ring (bicyclic) bond motifs is 1. The molecule has 5 nitrogen and oxygen atoms in total. The van der Waals surface area contributed by atoms with Crippen LogP contribution in [0.1, 0.15) is 10.4 Å². The highest BCUT2D eigenvalue weighted by molar-refractivity contribution is 5.94. The average Bonchev–Trinajstić information content (AvgIpc) is 2.28. The van der Waals surface area contributed by atoms with E-state index in [0.717, 1.165) is 12.2 Å². The number of hydrogen-bond acceptors (Lipinski definition) is 4. The van der Waals surface area contributed by atoms with Crippen molar-refractivity contribution in [2.45, 2.75) is 0 Å². The number of hydrogen-bond donors (Lipinski definition) is 2. The first-order valence-corrected chi connectivity index (χ1v) is 4.65. The van der Waals surface area contributed by atoms with Crippen molar-refractivity contribution in [3.63, 3.8) is 0 Å². The summed E-state index contributed by atoms with van der Waals surface area (Å²) in [6, 6.07) is 5.07. The molecule has 1 aliphatic heterocycles. The Labute approximate surface area is 87.2 Å². The van der Waals surface area contributed by atoms with Gasteiger partial charge >= 0.3 is 0 Å². The topological polar surface area (TPSA) is 61.8 Å². The molecule has 1 amide bonds. The molecule has 0 radical (unpaired) electrons. The van der Waals surface area contributed by atoms with Gasteiger partial charge in [0.05, 0.1) is 12.2 Å². The summed E-state index contributed by atoms with van der Waals surface area (Å²) in [5, 5.41) is 8.49. The van der Waals surface area contributed by atoms with Gasteiger partial charge in [0.1, 0.15) is 12.4 Å². The van der Waals surface area contributed by atoms with Crippen molar-refractivity contribution in [2.75, 3.05) is 25.1 Å². The van der Waals surface area contributed by atoms with Gasteiger partial charge in [-0.25, -0.2) is 5.48 Å². The number of nitrogens with one attached hydrogen (secondary N) is 1. The monoisotopic (exact) mass is 208 g/mol. The number of rotatable bonds is 1. The van der Waals surface area contributed by atoms with Crippen LogP contribution in [0.5, 0.6) is 5.75 Å². The number of nitrogens with zero attached hydrogens (tertiary/aromatic N) is 1. The van der Waals surface area contributed by atoms with E-state index in [9.17, 15) is 4.79 Å². The van der Waals surface area contributed by atoms with Crippen LogP contribution in [-0.4, -0.2) is 31.3 Å². The Morgan fingerprint density at radius 2 is 2.40 bits per heavy atom. The number of carbonyl (C=O) groups excluding carboxylic acids is 1. The predicted molar refractivity (Wildman–Crippen MR) is 54.5 cm³/mol. The highest BCUT2D eigenvalue weighted by atomic mass is 16.5. The van der Waals surface area contributed by atoms with E-state index >= 15 is 0 Å². The summed E-state index contributed by atoms with van der Waals surface area (Å²) < 4.78 is 5.43. The third-order valence-electron chi connectivity index (χ3n) is 2.42. The molecule has 0 bridgehead atoms. The molecule has 0 saturated carbocycles. The molecule has 1 aromatic rings. The number of ether oxygens (including phenoxy) is 1. The number of anilines is 1. The van der Waals surface area contributed by atoms with Crippen LogP contribution >= 0.6 is 0 Å². The maximum absolute atomic E-state index is 11.2. The lowest BCUT2D eigenvalue weighted by atomic mass is 10.1.